The smallest absolute Gasteiger partial charge is 0.314 e. The van der Waals surface area contributed by atoms with Crippen LogP contribution in [0.4, 0.5) is 5.69 Å². The predicted molar refractivity (Wildman–Crippen MR) is 105 cm³/mol. The standard InChI is InChI=1S/C21H23N3O2.H2O/c25-18-5-3-17(4-6-18)23-20-16(2-1-10-22-20)14-19(21(23)26)24-11-7-15(8-12-24)9-13-24;/h1-3,5-6,10,14-15,17H,4,7-9,11-13H2;1H2. The summed E-state index contributed by atoms with van der Waals surface area (Å²) in [5.74, 6) is 1.12. The molecule has 142 valence electrons. The van der Waals surface area contributed by atoms with Crippen molar-refractivity contribution in [1.29, 1.82) is 0 Å². The molecule has 1 atom stereocenters. The van der Waals surface area contributed by atoms with Crippen molar-refractivity contribution in [3.63, 3.8) is 0 Å². The molecule has 27 heavy (non-hydrogen) atoms. The van der Waals surface area contributed by atoms with Crippen LogP contribution >= 0.6 is 0 Å². The van der Waals surface area contributed by atoms with Gasteiger partial charge in [0.05, 0.1) is 25.7 Å². The molecular weight excluding hydrogens is 342 g/mol. The molecule has 0 radical (unpaired) electrons. The Labute approximate surface area is 158 Å². The minimum Gasteiger partial charge on any atom is -0.870 e. The average Bonchev–Trinajstić information content (AvgIpc) is 2.70. The van der Waals surface area contributed by atoms with Crippen molar-refractivity contribution < 1.29 is 10.6 Å². The summed E-state index contributed by atoms with van der Waals surface area (Å²) >= 11 is 0. The van der Waals surface area contributed by atoms with Crippen molar-refractivity contribution in [1.82, 2.24) is 14.0 Å². The second kappa shape index (κ2) is 6.62. The Morgan fingerprint density at radius 1 is 1.19 bits per heavy atom. The van der Waals surface area contributed by atoms with E-state index in [1.807, 2.05) is 16.7 Å². The van der Waals surface area contributed by atoms with Crippen molar-refractivity contribution in [3.05, 3.63) is 58.7 Å². The molecule has 2 bridgehead atoms. The van der Waals surface area contributed by atoms with Crippen molar-refractivity contribution in [2.75, 3.05) is 19.6 Å². The monoisotopic (exact) mass is 367 g/mol. The molecule has 3 saturated heterocycles. The number of aliphatic hydroxyl groups is 1. The van der Waals surface area contributed by atoms with Crippen LogP contribution in [-0.2, 0) is 0 Å². The third-order valence-corrected chi connectivity index (χ3v) is 6.57. The lowest BCUT2D eigenvalue weighted by Gasteiger charge is -2.48. The van der Waals surface area contributed by atoms with E-state index in [1.54, 1.807) is 18.3 Å². The number of aliphatic hydroxyl groups excluding tert-OH is 1. The summed E-state index contributed by atoms with van der Waals surface area (Å²) in [7, 11) is 0. The van der Waals surface area contributed by atoms with Gasteiger partial charge in [-0.3, -0.25) is 13.8 Å². The predicted octanol–water partition coefficient (Wildman–Crippen LogP) is 3.28. The van der Waals surface area contributed by atoms with Gasteiger partial charge in [-0.05, 0) is 36.6 Å². The highest BCUT2D eigenvalue weighted by Gasteiger charge is 2.43. The summed E-state index contributed by atoms with van der Waals surface area (Å²) in [4.78, 5) is 18.2. The third kappa shape index (κ3) is 2.80. The van der Waals surface area contributed by atoms with Crippen LogP contribution in [0.15, 0.2) is 53.2 Å². The third-order valence-electron chi connectivity index (χ3n) is 6.57. The molecule has 2 aromatic heterocycles. The molecule has 4 aliphatic rings. The maximum absolute atomic E-state index is 13.6. The van der Waals surface area contributed by atoms with Crippen molar-refractivity contribution in [2.45, 2.75) is 31.7 Å². The van der Waals surface area contributed by atoms with E-state index >= 15 is 0 Å². The van der Waals surface area contributed by atoms with Gasteiger partial charge in [0.25, 0.3) is 0 Å². The molecule has 5 heterocycles. The van der Waals surface area contributed by atoms with Gasteiger partial charge < -0.3 is 10.6 Å². The average molecular weight is 367 g/mol. The summed E-state index contributed by atoms with van der Waals surface area (Å²) in [6, 6.07) is 5.98. The van der Waals surface area contributed by atoms with Crippen LogP contribution in [0, 0.1) is 5.92 Å². The molecule has 0 saturated carbocycles. The molecule has 0 aromatic carbocycles. The lowest BCUT2D eigenvalue weighted by molar-refractivity contribution is 0.113. The largest absolute Gasteiger partial charge is 0.870 e. The Hall–Kier alpha value is -2.44. The number of nitrogens with zero attached hydrogens (tertiary/aromatic N) is 3. The molecule has 0 spiro atoms. The Balaban J connectivity index is 0.00000180. The van der Waals surface area contributed by atoms with Gasteiger partial charge in [0.15, 0.2) is 5.69 Å². The lowest BCUT2D eigenvalue weighted by atomic mass is 9.85. The molecular formula is C21H25N3O3. The van der Waals surface area contributed by atoms with Gasteiger partial charge in [0.2, 0.25) is 0 Å². The highest BCUT2D eigenvalue weighted by molar-refractivity contribution is 5.79. The first-order valence-electron chi connectivity index (χ1n) is 9.61. The number of hydrogen-bond acceptors (Lipinski definition) is 4. The number of piperidine rings is 3. The van der Waals surface area contributed by atoms with E-state index in [-0.39, 0.29) is 22.8 Å². The maximum atomic E-state index is 13.6. The first-order valence-corrected chi connectivity index (χ1v) is 9.61. The van der Waals surface area contributed by atoms with Crippen molar-refractivity contribution in [3.8, 4) is 0 Å². The summed E-state index contributed by atoms with van der Waals surface area (Å²) in [5.41, 5.74) is 1.74. The summed E-state index contributed by atoms with van der Waals surface area (Å²) in [6.45, 7) is 3.23. The number of rotatable bonds is 2. The van der Waals surface area contributed by atoms with Crippen LogP contribution in [-0.4, -0.2) is 39.8 Å². The quantitative estimate of drug-likeness (QED) is 0.826. The molecule has 0 amide bonds. The van der Waals surface area contributed by atoms with E-state index in [0.717, 1.165) is 46.8 Å². The van der Waals surface area contributed by atoms with Crippen LogP contribution < -0.4 is 10.0 Å². The summed E-state index contributed by atoms with van der Waals surface area (Å²) in [6.07, 6.45) is 11.4. The Morgan fingerprint density at radius 2 is 1.93 bits per heavy atom. The van der Waals surface area contributed by atoms with Crippen LogP contribution in [0.2, 0.25) is 0 Å². The zero-order valence-electron chi connectivity index (χ0n) is 15.3. The van der Waals surface area contributed by atoms with Gasteiger partial charge in [-0.15, -0.1) is 0 Å². The Kier molecular flexibility index (Phi) is 4.40. The van der Waals surface area contributed by atoms with Crippen LogP contribution in [0.1, 0.15) is 31.7 Å². The van der Waals surface area contributed by atoms with Gasteiger partial charge >= 0.3 is 5.56 Å². The SMILES string of the molecule is O=c1c([N+]23CCC(CC2)CC3)cc2cccnc2n1C1C=CC(O)=CC1.[OH-]. The van der Waals surface area contributed by atoms with Gasteiger partial charge in [-0.2, -0.15) is 0 Å². The highest BCUT2D eigenvalue weighted by atomic mass is 16.3. The van der Waals surface area contributed by atoms with E-state index in [0.29, 0.717) is 6.42 Å². The fourth-order valence-electron chi connectivity index (χ4n) is 5.01. The first kappa shape index (κ1) is 17.9. The Morgan fingerprint density at radius 3 is 2.59 bits per heavy atom. The minimum atomic E-state index is -0.101. The number of hydrogen-bond donors (Lipinski definition) is 1. The fraction of sp³-hybridized carbons (Fsp3) is 0.429. The first-order chi connectivity index (χ1) is 12.7. The maximum Gasteiger partial charge on any atom is 0.314 e. The summed E-state index contributed by atoms with van der Waals surface area (Å²) < 4.78 is 2.68. The normalized spacial score (nSPS) is 29.4. The van der Waals surface area contributed by atoms with Gasteiger partial charge in [-0.1, -0.05) is 6.08 Å². The molecule has 3 aliphatic heterocycles. The van der Waals surface area contributed by atoms with Gasteiger partial charge in [0.1, 0.15) is 11.4 Å². The topological polar surface area (TPSA) is 85.1 Å². The summed E-state index contributed by atoms with van der Waals surface area (Å²) in [5, 5.41) is 10.7. The molecule has 3 fully saturated rings. The van der Waals surface area contributed by atoms with Gasteiger partial charge in [-0.25, -0.2) is 4.98 Å². The lowest BCUT2D eigenvalue weighted by Crippen LogP contribution is -2.61. The van der Waals surface area contributed by atoms with Gasteiger partial charge in [0, 0.05) is 36.9 Å². The molecule has 6 nitrogen and oxygen atoms in total. The number of pyridine rings is 2. The zero-order chi connectivity index (χ0) is 17.7. The second-order valence-corrected chi connectivity index (χ2v) is 7.96. The molecule has 2 aromatic rings. The van der Waals surface area contributed by atoms with Crippen molar-refractivity contribution in [2.24, 2.45) is 5.92 Å². The van der Waals surface area contributed by atoms with Crippen LogP contribution in [0.5, 0.6) is 0 Å². The van der Waals surface area contributed by atoms with Crippen LogP contribution in [0.25, 0.3) is 11.0 Å². The molecule has 1 unspecified atom stereocenters. The number of quaternary nitrogens is 1. The van der Waals surface area contributed by atoms with E-state index in [4.69, 9.17) is 0 Å². The fourth-order valence-corrected chi connectivity index (χ4v) is 5.01. The second-order valence-electron chi connectivity index (χ2n) is 7.96. The number of aromatic nitrogens is 2. The zero-order valence-corrected chi connectivity index (χ0v) is 15.3. The molecule has 6 heteroatoms. The van der Waals surface area contributed by atoms with Crippen LogP contribution in [0.3, 0.4) is 0 Å². The highest BCUT2D eigenvalue weighted by Crippen LogP contribution is 2.38. The van der Waals surface area contributed by atoms with E-state index < -0.39 is 0 Å². The van der Waals surface area contributed by atoms with E-state index in [9.17, 15) is 9.90 Å². The molecule has 2 N–H and O–H groups in total. The van der Waals surface area contributed by atoms with E-state index in [2.05, 4.69) is 17.1 Å². The molecule has 1 aliphatic carbocycles. The number of allylic oxidation sites excluding steroid dienone is 3. The minimum absolute atomic E-state index is 0. The molecule has 6 rings (SSSR count). The Bertz CT molecular complexity index is 970. The number of fused-ring (bicyclic) bond motifs is 4. The van der Waals surface area contributed by atoms with Crippen molar-refractivity contribution >= 4 is 16.7 Å². The van der Waals surface area contributed by atoms with E-state index in [1.165, 1.54) is 19.3 Å².